The molecule has 0 saturated carbocycles. The van der Waals surface area contributed by atoms with E-state index < -0.39 is 0 Å². The number of rotatable bonds is 3. The molecule has 0 bridgehead atoms. The topological polar surface area (TPSA) is 47.4 Å². The lowest BCUT2D eigenvalue weighted by Crippen LogP contribution is -2.27. The molecule has 0 saturated heterocycles. The SMILES string of the molecule is CON(C)C(=O)c1nn(-c2cccc(Br)c2)c2c1CCCC2. The van der Waals surface area contributed by atoms with Crippen molar-refractivity contribution in [3.8, 4) is 5.69 Å². The van der Waals surface area contributed by atoms with E-state index in [1.54, 1.807) is 7.05 Å². The van der Waals surface area contributed by atoms with Gasteiger partial charge >= 0.3 is 0 Å². The normalized spacial score (nSPS) is 13.8. The Hall–Kier alpha value is -1.66. The first-order valence-corrected chi connectivity index (χ1v) is 8.10. The summed E-state index contributed by atoms with van der Waals surface area (Å²) in [6.07, 6.45) is 4.05. The van der Waals surface area contributed by atoms with Crippen LogP contribution in [0, 0.1) is 0 Å². The summed E-state index contributed by atoms with van der Waals surface area (Å²) in [5.41, 5.74) is 3.66. The maximum absolute atomic E-state index is 12.5. The molecular weight excluding hydrogens is 346 g/mol. The standard InChI is InChI=1S/C16H18BrN3O2/c1-19(22-2)16(21)15-13-8-3-4-9-14(13)20(18-15)12-7-5-6-11(17)10-12/h5-7,10H,3-4,8-9H2,1-2H3. The van der Waals surface area contributed by atoms with E-state index in [1.807, 2.05) is 28.9 Å². The molecule has 1 aromatic heterocycles. The van der Waals surface area contributed by atoms with Crippen molar-refractivity contribution in [2.45, 2.75) is 25.7 Å². The van der Waals surface area contributed by atoms with Gasteiger partial charge in [0.15, 0.2) is 5.69 Å². The van der Waals surface area contributed by atoms with Gasteiger partial charge in [-0.25, -0.2) is 9.75 Å². The summed E-state index contributed by atoms with van der Waals surface area (Å²) in [6.45, 7) is 0. The molecule has 0 unspecified atom stereocenters. The van der Waals surface area contributed by atoms with Crippen molar-refractivity contribution in [1.29, 1.82) is 0 Å². The Kier molecular flexibility index (Phi) is 4.31. The first-order valence-electron chi connectivity index (χ1n) is 7.30. The summed E-state index contributed by atoms with van der Waals surface area (Å²) in [4.78, 5) is 17.5. The molecule has 3 rings (SSSR count). The smallest absolute Gasteiger partial charge is 0.274 e. The van der Waals surface area contributed by atoms with Crippen LogP contribution in [0.3, 0.4) is 0 Å². The molecule has 1 aliphatic rings. The van der Waals surface area contributed by atoms with Crippen LogP contribution in [0.15, 0.2) is 28.7 Å². The van der Waals surface area contributed by atoms with E-state index in [1.165, 1.54) is 12.2 Å². The second-order valence-electron chi connectivity index (χ2n) is 5.36. The minimum Gasteiger partial charge on any atom is -0.274 e. The average molecular weight is 364 g/mol. The number of nitrogens with zero attached hydrogens (tertiary/aromatic N) is 3. The van der Waals surface area contributed by atoms with Crippen LogP contribution in [-0.2, 0) is 17.7 Å². The highest BCUT2D eigenvalue weighted by Gasteiger charge is 2.27. The molecule has 2 aromatic rings. The highest BCUT2D eigenvalue weighted by Crippen LogP contribution is 2.28. The van der Waals surface area contributed by atoms with Gasteiger partial charge in [-0.05, 0) is 43.9 Å². The van der Waals surface area contributed by atoms with Crippen LogP contribution in [0.5, 0.6) is 0 Å². The van der Waals surface area contributed by atoms with E-state index in [0.29, 0.717) is 5.69 Å². The Morgan fingerprint density at radius 3 is 2.86 bits per heavy atom. The van der Waals surface area contributed by atoms with Gasteiger partial charge in [-0.1, -0.05) is 22.0 Å². The molecule has 5 nitrogen and oxygen atoms in total. The molecule has 1 amide bonds. The van der Waals surface area contributed by atoms with E-state index in [9.17, 15) is 4.79 Å². The van der Waals surface area contributed by atoms with Gasteiger partial charge in [-0.2, -0.15) is 5.10 Å². The van der Waals surface area contributed by atoms with Gasteiger partial charge < -0.3 is 0 Å². The molecule has 0 N–H and O–H groups in total. The number of amides is 1. The van der Waals surface area contributed by atoms with Crippen LogP contribution < -0.4 is 0 Å². The number of aromatic nitrogens is 2. The highest BCUT2D eigenvalue weighted by atomic mass is 79.9. The van der Waals surface area contributed by atoms with Crippen LogP contribution >= 0.6 is 15.9 Å². The van der Waals surface area contributed by atoms with Crippen molar-refractivity contribution in [2.24, 2.45) is 0 Å². The predicted octanol–water partition coefficient (Wildman–Crippen LogP) is 3.15. The zero-order valence-corrected chi connectivity index (χ0v) is 14.3. The zero-order valence-electron chi connectivity index (χ0n) is 12.7. The molecule has 1 aliphatic carbocycles. The average Bonchev–Trinajstić information content (AvgIpc) is 2.93. The second kappa shape index (κ2) is 6.22. The fourth-order valence-electron chi connectivity index (χ4n) is 2.82. The molecule has 22 heavy (non-hydrogen) atoms. The minimum atomic E-state index is -0.200. The first-order chi connectivity index (χ1) is 10.6. The number of hydrogen-bond acceptors (Lipinski definition) is 3. The summed E-state index contributed by atoms with van der Waals surface area (Å²) in [5.74, 6) is -0.200. The summed E-state index contributed by atoms with van der Waals surface area (Å²) in [6, 6.07) is 7.96. The molecule has 1 heterocycles. The third kappa shape index (κ3) is 2.68. The molecule has 116 valence electrons. The lowest BCUT2D eigenvalue weighted by Gasteiger charge is -2.15. The summed E-state index contributed by atoms with van der Waals surface area (Å²) in [5, 5.41) is 5.82. The summed E-state index contributed by atoms with van der Waals surface area (Å²) >= 11 is 3.49. The third-order valence-corrected chi connectivity index (χ3v) is 4.49. The summed E-state index contributed by atoms with van der Waals surface area (Å²) < 4.78 is 2.89. The fraction of sp³-hybridized carbons (Fsp3) is 0.375. The van der Waals surface area contributed by atoms with Gasteiger partial charge in [0.25, 0.3) is 5.91 Å². The Morgan fingerprint density at radius 2 is 2.14 bits per heavy atom. The van der Waals surface area contributed by atoms with E-state index in [-0.39, 0.29) is 5.91 Å². The van der Waals surface area contributed by atoms with Gasteiger partial charge in [0.2, 0.25) is 0 Å². The van der Waals surface area contributed by atoms with Gasteiger partial charge in [0, 0.05) is 22.8 Å². The molecular formula is C16H18BrN3O2. The van der Waals surface area contributed by atoms with Gasteiger partial charge in [-0.3, -0.25) is 9.63 Å². The Morgan fingerprint density at radius 1 is 1.36 bits per heavy atom. The molecule has 0 spiro atoms. The van der Waals surface area contributed by atoms with Crippen LogP contribution in [0.2, 0.25) is 0 Å². The monoisotopic (exact) mass is 363 g/mol. The van der Waals surface area contributed by atoms with Crippen LogP contribution in [0.1, 0.15) is 34.6 Å². The maximum atomic E-state index is 12.5. The van der Waals surface area contributed by atoms with Crippen LogP contribution in [-0.4, -0.2) is 34.9 Å². The van der Waals surface area contributed by atoms with Gasteiger partial charge in [0.05, 0.1) is 12.8 Å². The molecule has 0 atom stereocenters. The lowest BCUT2D eigenvalue weighted by molar-refractivity contribution is -0.0761. The van der Waals surface area contributed by atoms with Crippen molar-refractivity contribution in [3.05, 3.63) is 45.7 Å². The van der Waals surface area contributed by atoms with Gasteiger partial charge in [-0.15, -0.1) is 0 Å². The number of hydroxylamine groups is 2. The fourth-order valence-corrected chi connectivity index (χ4v) is 3.21. The molecule has 1 aromatic carbocycles. The highest BCUT2D eigenvalue weighted by molar-refractivity contribution is 9.10. The molecule has 0 aliphatic heterocycles. The van der Waals surface area contributed by atoms with Crippen molar-refractivity contribution in [3.63, 3.8) is 0 Å². The Bertz CT molecular complexity index is 711. The number of fused-ring (bicyclic) bond motifs is 1. The van der Waals surface area contributed by atoms with E-state index >= 15 is 0 Å². The lowest BCUT2D eigenvalue weighted by atomic mass is 9.95. The third-order valence-electron chi connectivity index (χ3n) is 4.00. The summed E-state index contributed by atoms with van der Waals surface area (Å²) in [7, 11) is 3.09. The maximum Gasteiger partial charge on any atom is 0.297 e. The van der Waals surface area contributed by atoms with E-state index in [4.69, 9.17) is 4.84 Å². The molecule has 0 fully saturated rings. The van der Waals surface area contributed by atoms with Crippen molar-refractivity contribution >= 4 is 21.8 Å². The van der Waals surface area contributed by atoms with Gasteiger partial charge in [0.1, 0.15) is 0 Å². The van der Waals surface area contributed by atoms with E-state index in [2.05, 4.69) is 21.0 Å². The van der Waals surface area contributed by atoms with Crippen molar-refractivity contribution < 1.29 is 9.63 Å². The predicted molar refractivity (Wildman–Crippen MR) is 87.0 cm³/mol. The van der Waals surface area contributed by atoms with Crippen molar-refractivity contribution in [2.75, 3.05) is 14.2 Å². The second-order valence-corrected chi connectivity index (χ2v) is 6.27. The van der Waals surface area contributed by atoms with E-state index in [0.717, 1.165) is 47.1 Å². The Labute approximate surface area is 138 Å². The van der Waals surface area contributed by atoms with Crippen LogP contribution in [0.4, 0.5) is 0 Å². The van der Waals surface area contributed by atoms with Crippen LogP contribution in [0.25, 0.3) is 5.69 Å². The first kappa shape index (κ1) is 15.2. The number of hydrogen-bond donors (Lipinski definition) is 0. The molecule has 6 heteroatoms. The number of carbonyl (C=O) groups is 1. The number of carbonyl (C=O) groups excluding carboxylic acids is 1. The van der Waals surface area contributed by atoms with Crippen molar-refractivity contribution in [1.82, 2.24) is 14.8 Å². The quantitative estimate of drug-likeness (QED) is 0.787. The largest absolute Gasteiger partial charge is 0.297 e. The zero-order chi connectivity index (χ0) is 15.7. The molecule has 0 radical (unpaired) electrons. The Balaban J connectivity index is 2.12. The minimum absolute atomic E-state index is 0.200. The number of benzene rings is 1. The number of halogens is 1.